The molecule has 3 aromatic rings. The van der Waals surface area contributed by atoms with Gasteiger partial charge in [-0.25, -0.2) is 0 Å². The van der Waals surface area contributed by atoms with Gasteiger partial charge in [0.25, 0.3) is 0 Å². The standard InChI is InChI=1S/C29H33NO2S.C4H6O2/c1-29(14-16-33(31)17-15-29)21-32-26-12-13-27-24(19-26)7-5-6-23-11-10-22(18-28(23)27)20-30-25-8-3-2-4-9-25;5-4(6)3-1-2-3/h2-4,8-13,18-19,30H,5-7,14-17,20-21H2,1H3;3H,1-2H2,(H,5,6). The monoisotopic (exact) mass is 545 g/mol. The summed E-state index contributed by atoms with van der Waals surface area (Å²) in [4.78, 5) is 9.76. The molecule has 0 spiro atoms. The molecule has 5 nitrogen and oxygen atoms in total. The summed E-state index contributed by atoms with van der Waals surface area (Å²) in [7, 11) is -0.635. The van der Waals surface area contributed by atoms with Gasteiger partial charge in [0.2, 0.25) is 0 Å². The number of nitrogens with one attached hydrogen (secondary N) is 1. The average molecular weight is 546 g/mol. The zero-order valence-corrected chi connectivity index (χ0v) is 23.6. The van der Waals surface area contributed by atoms with Gasteiger partial charge in [-0.15, -0.1) is 0 Å². The lowest BCUT2D eigenvalue weighted by Gasteiger charge is -2.32. The first kappa shape index (κ1) is 27.4. The summed E-state index contributed by atoms with van der Waals surface area (Å²) in [5.74, 6) is 1.97. The molecular weight excluding hydrogens is 506 g/mol. The van der Waals surface area contributed by atoms with E-state index >= 15 is 0 Å². The Kier molecular flexibility index (Phi) is 8.71. The van der Waals surface area contributed by atoms with Crippen LogP contribution < -0.4 is 10.1 Å². The summed E-state index contributed by atoms with van der Waals surface area (Å²) < 4.78 is 18.0. The first-order chi connectivity index (χ1) is 18.9. The molecule has 0 unspecified atom stereocenters. The molecule has 0 radical (unpaired) electrons. The SMILES string of the molecule is CC1(COc2ccc3c(c2)CCCc2ccc(CNc4ccccc4)cc2-3)CCS(=O)CC1.O=C(O)C1CC1. The number of rotatable bonds is 7. The molecule has 39 heavy (non-hydrogen) atoms. The van der Waals surface area contributed by atoms with Crippen LogP contribution in [0.25, 0.3) is 11.1 Å². The number of anilines is 1. The minimum absolute atomic E-state index is 0.0185. The van der Waals surface area contributed by atoms with Crippen molar-refractivity contribution in [3.05, 3.63) is 83.4 Å². The molecule has 1 saturated carbocycles. The molecule has 3 aliphatic rings. The summed E-state index contributed by atoms with van der Waals surface area (Å²) in [5, 5.41) is 11.6. The van der Waals surface area contributed by atoms with E-state index in [0.29, 0.717) is 6.61 Å². The van der Waals surface area contributed by atoms with Gasteiger partial charge in [0.1, 0.15) is 5.75 Å². The van der Waals surface area contributed by atoms with E-state index in [0.717, 1.165) is 74.4 Å². The van der Waals surface area contributed by atoms with Crippen LogP contribution in [0.2, 0.25) is 0 Å². The zero-order valence-electron chi connectivity index (χ0n) is 22.8. The second kappa shape index (κ2) is 12.4. The van der Waals surface area contributed by atoms with Crippen LogP contribution in [0.3, 0.4) is 0 Å². The Hall–Kier alpha value is -3.12. The highest BCUT2D eigenvalue weighted by Crippen LogP contribution is 2.37. The normalized spacial score (nSPS) is 21.8. The number of carboxylic acid groups (broad SMARTS) is 1. The van der Waals surface area contributed by atoms with Crippen molar-refractivity contribution in [2.75, 3.05) is 23.4 Å². The molecule has 0 bridgehead atoms. The van der Waals surface area contributed by atoms with E-state index in [1.807, 2.05) is 6.07 Å². The van der Waals surface area contributed by atoms with Crippen molar-refractivity contribution >= 4 is 22.5 Å². The third-order valence-corrected chi connectivity index (χ3v) is 9.40. The fraction of sp³-hybridized carbons (Fsp3) is 0.424. The molecule has 6 heteroatoms. The number of para-hydroxylation sites is 1. The smallest absolute Gasteiger partial charge is 0.306 e. The molecule has 2 fully saturated rings. The number of aryl methyl sites for hydroxylation is 2. The summed E-state index contributed by atoms with van der Waals surface area (Å²) in [5.41, 5.74) is 8.11. The van der Waals surface area contributed by atoms with Crippen molar-refractivity contribution in [2.24, 2.45) is 11.3 Å². The number of hydrogen-bond acceptors (Lipinski definition) is 4. The lowest BCUT2D eigenvalue weighted by Crippen LogP contribution is -2.33. The highest BCUT2D eigenvalue weighted by Gasteiger charge is 2.31. The Morgan fingerprint density at radius 3 is 2.41 bits per heavy atom. The van der Waals surface area contributed by atoms with Crippen LogP contribution >= 0.6 is 0 Å². The summed E-state index contributed by atoms with van der Waals surface area (Å²) in [6, 6.07) is 23.9. The number of aliphatic carboxylic acids is 1. The molecule has 0 aromatic heterocycles. The van der Waals surface area contributed by atoms with Crippen molar-refractivity contribution in [1.82, 2.24) is 0 Å². The van der Waals surface area contributed by atoms with Crippen LogP contribution in [-0.4, -0.2) is 33.4 Å². The summed E-state index contributed by atoms with van der Waals surface area (Å²) >= 11 is 0. The van der Waals surface area contributed by atoms with E-state index < -0.39 is 16.8 Å². The molecular formula is C33H39NO4S. The Bertz CT molecular complexity index is 1310. The lowest BCUT2D eigenvalue weighted by atomic mass is 9.85. The van der Waals surface area contributed by atoms with Gasteiger partial charge in [-0.3, -0.25) is 9.00 Å². The Balaban J connectivity index is 0.000000455. The fourth-order valence-corrected chi connectivity index (χ4v) is 6.89. The highest BCUT2D eigenvalue weighted by molar-refractivity contribution is 7.85. The molecule has 0 atom stereocenters. The second-order valence-electron chi connectivity index (χ2n) is 11.4. The van der Waals surface area contributed by atoms with Gasteiger partial charge >= 0.3 is 5.97 Å². The Morgan fingerprint density at radius 2 is 1.72 bits per heavy atom. The number of hydrogen-bond donors (Lipinski definition) is 2. The number of carboxylic acids is 1. The van der Waals surface area contributed by atoms with E-state index in [9.17, 15) is 9.00 Å². The van der Waals surface area contributed by atoms with Gasteiger partial charge in [0.05, 0.1) is 12.5 Å². The van der Waals surface area contributed by atoms with Gasteiger partial charge in [0.15, 0.2) is 0 Å². The molecule has 6 rings (SSSR count). The Morgan fingerprint density at radius 1 is 0.974 bits per heavy atom. The topological polar surface area (TPSA) is 75.6 Å². The predicted molar refractivity (Wildman–Crippen MR) is 159 cm³/mol. The molecule has 1 heterocycles. The molecule has 2 N–H and O–H groups in total. The number of carbonyl (C=O) groups is 1. The summed E-state index contributed by atoms with van der Waals surface area (Å²) in [6.45, 7) is 3.79. The van der Waals surface area contributed by atoms with E-state index in [1.54, 1.807) is 0 Å². The zero-order chi connectivity index (χ0) is 27.2. The lowest BCUT2D eigenvalue weighted by molar-refractivity contribution is -0.138. The van der Waals surface area contributed by atoms with Gasteiger partial charge in [-0.05, 0) is 103 Å². The predicted octanol–water partition coefficient (Wildman–Crippen LogP) is 6.86. The van der Waals surface area contributed by atoms with E-state index in [2.05, 4.69) is 72.9 Å². The number of benzene rings is 3. The van der Waals surface area contributed by atoms with Crippen LogP contribution in [0.4, 0.5) is 5.69 Å². The van der Waals surface area contributed by atoms with Crippen LogP contribution in [0, 0.1) is 11.3 Å². The van der Waals surface area contributed by atoms with Crippen LogP contribution in [0.15, 0.2) is 66.7 Å². The van der Waals surface area contributed by atoms with Crippen LogP contribution in [0.1, 0.15) is 55.7 Å². The quantitative estimate of drug-likeness (QED) is 0.339. The maximum absolute atomic E-state index is 11.7. The maximum atomic E-state index is 11.7. The van der Waals surface area contributed by atoms with Gasteiger partial charge in [0, 0.05) is 40.0 Å². The fourth-order valence-electron chi connectivity index (χ4n) is 5.24. The van der Waals surface area contributed by atoms with Crippen molar-refractivity contribution < 1.29 is 18.8 Å². The molecule has 1 saturated heterocycles. The van der Waals surface area contributed by atoms with E-state index in [-0.39, 0.29) is 11.3 Å². The first-order valence-electron chi connectivity index (χ1n) is 14.1. The molecule has 2 aliphatic carbocycles. The highest BCUT2D eigenvalue weighted by atomic mass is 32.2. The van der Waals surface area contributed by atoms with E-state index in [4.69, 9.17) is 9.84 Å². The Labute approximate surface area is 234 Å². The minimum atomic E-state index is -0.635. The van der Waals surface area contributed by atoms with Gasteiger partial charge in [-0.2, -0.15) is 0 Å². The second-order valence-corrected chi connectivity index (χ2v) is 13.1. The number of ether oxygens (including phenoxy) is 1. The van der Waals surface area contributed by atoms with Crippen molar-refractivity contribution in [1.29, 1.82) is 0 Å². The van der Waals surface area contributed by atoms with Crippen molar-refractivity contribution in [3.63, 3.8) is 0 Å². The van der Waals surface area contributed by atoms with Crippen molar-refractivity contribution in [3.8, 4) is 16.9 Å². The molecule has 1 aliphatic heterocycles. The number of fused-ring (bicyclic) bond motifs is 3. The van der Waals surface area contributed by atoms with Crippen molar-refractivity contribution in [2.45, 2.75) is 58.4 Å². The molecule has 0 amide bonds. The van der Waals surface area contributed by atoms with Gasteiger partial charge in [-0.1, -0.05) is 43.3 Å². The van der Waals surface area contributed by atoms with E-state index in [1.165, 1.54) is 27.8 Å². The maximum Gasteiger partial charge on any atom is 0.306 e. The van der Waals surface area contributed by atoms with Crippen LogP contribution in [0.5, 0.6) is 5.75 Å². The molecule has 206 valence electrons. The molecule has 3 aromatic carbocycles. The van der Waals surface area contributed by atoms with Crippen LogP contribution in [-0.2, 0) is 35.0 Å². The largest absolute Gasteiger partial charge is 0.493 e. The third kappa shape index (κ3) is 7.51. The van der Waals surface area contributed by atoms with Gasteiger partial charge < -0.3 is 15.2 Å². The summed E-state index contributed by atoms with van der Waals surface area (Å²) in [6.07, 6.45) is 7.12. The third-order valence-electron chi connectivity index (χ3n) is 8.08. The minimum Gasteiger partial charge on any atom is -0.493 e. The first-order valence-corrected chi connectivity index (χ1v) is 15.6. The average Bonchev–Trinajstić information content (AvgIpc) is 3.81.